The Balaban J connectivity index is 2.96. The van der Waals surface area contributed by atoms with Crippen molar-refractivity contribution in [2.24, 2.45) is 0 Å². The molecule has 0 unspecified atom stereocenters. The number of nitrogens with one attached hydrogen (secondary N) is 1. The van der Waals surface area contributed by atoms with Crippen LogP contribution in [-0.2, 0) is 0 Å². The Hall–Kier alpha value is -1.36. The van der Waals surface area contributed by atoms with Crippen molar-refractivity contribution < 1.29 is 5.11 Å². The van der Waals surface area contributed by atoms with Crippen molar-refractivity contribution >= 4 is 5.82 Å². The average molecular weight is 197 g/mol. The average Bonchev–Trinajstić information content (AvgIpc) is 2.16. The van der Waals surface area contributed by atoms with Gasteiger partial charge >= 0.3 is 0 Å². The van der Waals surface area contributed by atoms with Crippen LogP contribution in [-0.4, -0.2) is 27.8 Å². The van der Waals surface area contributed by atoms with Crippen LogP contribution in [0.2, 0.25) is 0 Å². The molecule has 0 saturated carbocycles. The molecule has 0 bridgehead atoms. The fourth-order valence-corrected chi connectivity index (χ4v) is 1.13. The van der Waals surface area contributed by atoms with Gasteiger partial charge in [-0.25, -0.2) is 4.98 Å². The highest BCUT2D eigenvalue weighted by molar-refractivity contribution is 5.30. The molecule has 0 aliphatic rings. The van der Waals surface area contributed by atoms with Crippen molar-refractivity contribution in [3.63, 3.8) is 0 Å². The van der Waals surface area contributed by atoms with Crippen LogP contribution in [0.15, 0.2) is 17.2 Å². The number of hydrogen-bond acceptors (Lipinski definition) is 4. The van der Waals surface area contributed by atoms with Gasteiger partial charge in [0.05, 0.1) is 6.61 Å². The van der Waals surface area contributed by atoms with E-state index in [1.165, 1.54) is 0 Å². The van der Waals surface area contributed by atoms with Crippen LogP contribution in [0, 0.1) is 0 Å². The predicted molar refractivity (Wildman–Crippen MR) is 54.5 cm³/mol. The molecule has 0 radical (unpaired) electrons. The summed E-state index contributed by atoms with van der Waals surface area (Å²) in [7, 11) is 0. The van der Waals surface area contributed by atoms with Crippen LogP contribution in [0.5, 0.6) is 0 Å². The molecule has 0 amide bonds. The summed E-state index contributed by atoms with van der Waals surface area (Å²) in [4.78, 5) is 15.6. The lowest BCUT2D eigenvalue weighted by atomic mass is 10.4. The lowest BCUT2D eigenvalue weighted by molar-refractivity contribution is 0.311. The number of aliphatic hydroxyl groups is 1. The molecule has 78 valence electrons. The van der Waals surface area contributed by atoms with Crippen LogP contribution in [0.3, 0.4) is 0 Å². The Morgan fingerprint density at radius 2 is 2.36 bits per heavy atom. The Morgan fingerprint density at radius 3 is 2.93 bits per heavy atom. The summed E-state index contributed by atoms with van der Waals surface area (Å²) in [5.41, 5.74) is -0.157. The summed E-state index contributed by atoms with van der Waals surface area (Å²) in [6.45, 7) is 4.18. The number of rotatable bonds is 4. The molecule has 5 nitrogen and oxygen atoms in total. The highest BCUT2D eigenvalue weighted by atomic mass is 16.3. The second-order valence-electron chi connectivity index (χ2n) is 3.23. The van der Waals surface area contributed by atoms with E-state index in [-0.39, 0.29) is 24.0 Å². The first-order valence-corrected chi connectivity index (χ1v) is 4.58. The molecular formula is C9H15N3O2. The third-order valence-electron chi connectivity index (χ3n) is 1.83. The smallest absolute Gasteiger partial charge is 0.293 e. The second kappa shape index (κ2) is 4.76. The molecule has 0 aliphatic carbocycles. The van der Waals surface area contributed by atoms with E-state index in [0.29, 0.717) is 6.54 Å². The van der Waals surface area contributed by atoms with Crippen LogP contribution in [0.4, 0.5) is 5.82 Å². The minimum atomic E-state index is -0.157. The van der Waals surface area contributed by atoms with Crippen LogP contribution >= 0.6 is 0 Å². The Labute approximate surface area is 82.4 Å². The summed E-state index contributed by atoms with van der Waals surface area (Å²) in [5, 5.41) is 11.4. The van der Waals surface area contributed by atoms with Crippen LogP contribution < -0.4 is 10.9 Å². The topological polar surface area (TPSA) is 67.2 Å². The van der Waals surface area contributed by atoms with Crippen molar-refractivity contribution in [1.29, 1.82) is 0 Å². The van der Waals surface area contributed by atoms with Gasteiger partial charge in [0.2, 0.25) is 0 Å². The molecule has 1 heterocycles. The number of anilines is 1. The molecule has 0 aliphatic heterocycles. The van der Waals surface area contributed by atoms with Gasteiger partial charge < -0.3 is 15.0 Å². The molecule has 5 heteroatoms. The van der Waals surface area contributed by atoms with E-state index in [0.717, 1.165) is 0 Å². The van der Waals surface area contributed by atoms with Crippen molar-refractivity contribution in [3.05, 3.63) is 22.7 Å². The van der Waals surface area contributed by atoms with Gasteiger partial charge in [-0.3, -0.25) is 4.79 Å². The fourth-order valence-electron chi connectivity index (χ4n) is 1.13. The molecule has 0 fully saturated rings. The summed E-state index contributed by atoms with van der Waals surface area (Å²) < 4.78 is 1.59. The van der Waals surface area contributed by atoms with E-state index < -0.39 is 0 Å². The Bertz CT molecular complexity index is 346. The Kier molecular flexibility index (Phi) is 3.64. The third kappa shape index (κ3) is 2.32. The zero-order chi connectivity index (χ0) is 10.6. The molecule has 1 aromatic rings. The summed E-state index contributed by atoms with van der Waals surface area (Å²) in [6, 6.07) is 0.111. The maximum atomic E-state index is 11.7. The zero-order valence-corrected chi connectivity index (χ0v) is 8.40. The number of aliphatic hydroxyl groups excluding tert-OH is 1. The number of nitrogens with zero attached hydrogens (tertiary/aromatic N) is 2. The van der Waals surface area contributed by atoms with Crippen molar-refractivity contribution in [3.8, 4) is 0 Å². The van der Waals surface area contributed by atoms with Crippen LogP contribution in [0.25, 0.3) is 0 Å². The Morgan fingerprint density at radius 1 is 1.64 bits per heavy atom. The van der Waals surface area contributed by atoms with Gasteiger partial charge in [0, 0.05) is 25.0 Å². The third-order valence-corrected chi connectivity index (χ3v) is 1.83. The molecular weight excluding hydrogens is 182 g/mol. The molecule has 0 aromatic carbocycles. The second-order valence-corrected chi connectivity index (χ2v) is 3.23. The van der Waals surface area contributed by atoms with Gasteiger partial charge in [-0.1, -0.05) is 0 Å². The summed E-state index contributed by atoms with van der Waals surface area (Å²) in [6.07, 6.45) is 3.22. The van der Waals surface area contributed by atoms with Crippen LogP contribution in [0.1, 0.15) is 19.9 Å². The first-order valence-electron chi connectivity index (χ1n) is 4.58. The highest BCUT2D eigenvalue weighted by Crippen LogP contribution is 2.00. The minimum absolute atomic E-state index is 0.0162. The quantitative estimate of drug-likeness (QED) is 0.725. The molecule has 0 atom stereocenters. The van der Waals surface area contributed by atoms with E-state index in [9.17, 15) is 4.79 Å². The van der Waals surface area contributed by atoms with E-state index in [1.807, 2.05) is 13.8 Å². The first-order chi connectivity index (χ1) is 6.66. The lowest BCUT2D eigenvalue weighted by Gasteiger charge is -2.10. The maximum absolute atomic E-state index is 11.7. The highest BCUT2D eigenvalue weighted by Gasteiger charge is 2.05. The fraction of sp³-hybridized carbons (Fsp3) is 0.556. The largest absolute Gasteiger partial charge is 0.395 e. The van der Waals surface area contributed by atoms with E-state index in [2.05, 4.69) is 10.3 Å². The van der Waals surface area contributed by atoms with E-state index >= 15 is 0 Å². The molecule has 14 heavy (non-hydrogen) atoms. The minimum Gasteiger partial charge on any atom is -0.395 e. The van der Waals surface area contributed by atoms with E-state index in [4.69, 9.17) is 5.11 Å². The van der Waals surface area contributed by atoms with Gasteiger partial charge in [-0.05, 0) is 13.8 Å². The summed E-state index contributed by atoms with van der Waals surface area (Å²) in [5.74, 6) is 0.287. The monoisotopic (exact) mass is 197 g/mol. The van der Waals surface area contributed by atoms with Crippen molar-refractivity contribution in [1.82, 2.24) is 9.55 Å². The zero-order valence-electron chi connectivity index (χ0n) is 8.40. The maximum Gasteiger partial charge on any atom is 0.293 e. The summed E-state index contributed by atoms with van der Waals surface area (Å²) >= 11 is 0. The molecule has 2 N–H and O–H groups in total. The van der Waals surface area contributed by atoms with Gasteiger partial charge in [-0.15, -0.1) is 0 Å². The van der Waals surface area contributed by atoms with Crippen molar-refractivity contribution in [2.75, 3.05) is 18.5 Å². The van der Waals surface area contributed by atoms with Gasteiger partial charge in [-0.2, -0.15) is 0 Å². The molecule has 0 spiro atoms. The number of hydrogen-bond donors (Lipinski definition) is 2. The van der Waals surface area contributed by atoms with Gasteiger partial charge in [0.1, 0.15) is 0 Å². The van der Waals surface area contributed by atoms with Crippen molar-refractivity contribution in [2.45, 2.75) is 19.9 Å². The molecule has 1 rings (SSSR count). The standard InChI is InChI=1S/C9H15N3O2/c1-7(2)12-5-3-10-8(9(12)14)11-4-6-13/h3,5,7,13H,4,6H2,1-2H3,(H,10,11). The molecule has 1 aromatic heterocycles. The lowest BCUT2D eigenvalue weighted by Crippen LogP contribution is -2.26. The van der Waals surface area contributed by atoms with Gasteiger partial charge in [0.25, 0.3) is 5.56 Å². The van der Waals surface area contributed by atoms with Gasteiger partial charge in [0.15, 0.2) is 5.82 Å². The first kappa shape index (κ1) is 10.7. The SMILES string of the molecule is CC(C)n1ccnc(NCCO)c1=O. The molecule has 0 saturated heterocycles. The van der Waals surface area contributed by atoms with E-state index in [1.54, 1.807) is 17.0 Å². The normalized spacial score (nSPS) is 10.6. The predicted octanol–water partition coefficient (Wildman–Crippen LogP) is 0.228. The number of aromatic nitrogens is 2.